The molecule has 1 saturated heterocycles. The zero-order valence-corrected chi connectivity index (χ0v) is 14.3. The Bertz CT molecular complexity index is 692. The summed E-state index contributed by atoms with van der Waals surface area (Å²) in [5, 5.41) is 2.65. The Morgan fingerprint density at radius 3 is 2.08 bits per heavy atom. The number of anilines is 1. The zero-order valence-electron chi connectivity index (χ0n) is 14.3. The van der Waals surface area contributed by atoms with E-state index < -0.39 is 30.3 Å². The van der Waals surface area contributed by atoms with Gasteiger partial charge in [-0.05, 0) is 43.0 Å². The summed E-state index contributed by atoms with van der Waals surface area (Å²) in [6, 6.07) is 4.80. The van der Waals surface area contributed by atoms with E-state index >= 15 is 0 Å². The third-order valence-corrected chi connectivity index (χ3v) is 3.49. The van der Waals surface area contributed by atoms with Crippen LogP contribution in [0.1, 0.15) is 25.0 Å². The summed E-state index contributed by atoms with van der Waals surface area (Å²) in [6.45, 7) is 7.14. The molecule has 0 atom stereocenters. The summed E-state index contributed by atoms with van der Waals surface area (Å²) in [6.07, 6.45) is 0. The molecule has 1 heterocycles. The fraction of sp³-hybridized carbons (Fsp3) is 0.412. The third-order valence-electron chi connectivity index (χ3n) is 3.49. The van der Waals surface area contributed by atoms with Crippen LogP contribution in [0.4, 0.5) is 10.5 Å². The maximum absolute atomic E-state index is 12.2. The van der Waals surface area contributed by atoms with Crippen molar-refractivity contribution in [1.82, 2.24) is 9.80 Å². The summed E-state index contributed by atoms with van der Waals surface area (Å²) >= 11 is 0. The average molecular weight is 331 g/mol. The largest absolute Gasteiger partial charge is 0.334 e. The Labute approximate surface area is 140 Å². The zero-order chi connectivity index (χ0) is 18.0. The van der Waals surface area contributed by atoms with Crippen LogP contribution in [0.5, 0.6) is 0 Å². The molecule has 5 amide bonds. The van der Waals surface area contributed by atoms with E-state index in [0.29, 0.717) is 10.6 Å². The van der Waals surface area contributed by atoms with Crippen LogP contribution in [0, 0.1) is 19.8 Å². The number of nitrogens with one attached hydrogen (secondary N) is 1. The van der Waals surface area contributed by atoms with Gasteiger partial charge in [-0.15, -0.1) is 0 Å². The predicted octanol–water partition coefficient (Wildman–Crippen LogP) is 1.69. The lowest BCUT2D eigenvalue weighted by Crippen LogP contribution is -2.39. The molecule has 0 unspecified atom stereocenters. The molecular formula is C17H21N3O4. The molecule has 24 heavy (non-hydrogen) atoms. The van der Waals surface area contributed by atoms with E-state index in [-0.39, 0.29) is 12.5 Å². The van der Waals surface area contributed by atoms with Crippen LogP contribution < -0.4 is 5.32 Å². The topological polar surface area (TPSA) is 86.8 Å². The monoisotopic (exact) mass is 331 g/mol. The van der Waals surface area contributed by atoms with E-state index in [4.69, 9.17) is 0 Å². The maximum atomic E-state index is 12.2. The highest BCUT2D eigenvalue weighted by atomic mass is 16.2. The molecule has 1 aromatic rings. The molecule has 1 aliphatic rings. The number of amides is 5. The van der Waals surface area contributed by atoms with Gasteiger partial charge in [-0.3, -0.25) is 19.3 Å². The van der Waals surface area contributed by atoms with Gasteiger partial charge in [-0.2, -0.15) is 0 Å². The molecule has 0 saturated carbocycles. The molecule has 1 aliphatic heterocycles. The molecule has 0 bridgehead atoms. The highest BCUT2D eigenvalue weighted by Gasteiger charge is 2.45. The van der Waals surface area contributed by atoms with Gasteiger partial charge in [0, 0.05) is 12.2 Å². The molecule has 1 N–H and O–H groups in total. The SMILES string of the molecule is Cc1cc(C)cc(NC(=O)CN2C(=O)C(=O)N(CC(C)C)C2=O)c1. The van der Waals surface area contributed by atoms with E-state index in [1.165, 1.54) is 0 Å². The van der Waals surface area contributed by atoms with Crippen LogP contribution in [0.2, 0.25) is 0 Å². The Morgan fingerprint density at radius 1 is 1.00 bits per heavy atom. The van der Waals surface area contributed by atoms with Crippen LogP contribution in [0.25, 0.3) is 0 Å². The molecule has 1 fully saturated rings. The fourth-order valence-corrected chi connectivity index (χ4v) is 2.61. The van der Waals surface area contributed by atoms with Crippen molar-refractivity contribution in [2.24, 2.45) is 5.92 Å². The first-order valence-corrected chi connectivity index (χ1v) is 7.74. The maximum Gasteiger partial charge on any atom is 0.334 e. The lowest BCUT2D eigenvalue weighted by molar-refractivity contribution is -0.143. The highest BCUT2D eigenvalue weighted by Crippen LogP contribution is 2.16. The van der Waals surface area contributed by atoms with Crippen molar-refractivity contribution in [1.29, 1.82) is 0 Å². The van der Waals surface area contributed by atoms with Gasteiger partial charge in [0.05, 0.1) is 0 Å². The number of hydrogen-bond donors (Lipinski definition) is 1. The number of rotatable bonds is 5. The average Bonchev–Trinajstić information content (AvgIpc) is 2.63. The number of imide groups is 2. The summed E-state index contributed by atoms with van der Waals surface area (Å²) in [7, 11) is 0. The van der Waals surface area contributed by atoms with E-state index in [9.17, 15) is 19.2 Å². The van der Waals surface area contributed by atoms with Gasteiger partial charge in [0.1, 0.15) is 6.54 Å². The van der Waals surface area contributed by atoms with Crippen molar-refractivity contribution >= 4 is 29.4 Å². The Balaban J connectivity index is 2.07. The minimum atomic E-state index is -0.962. The lowest BCUT2D eigenvalue weighted by Gasteiger charge is -2.17. The summed E-state index contributed by atoms with van der Waals surface area (Å²) in [4.78, 5) is 49.7. The number of nitrogens with zero attached hydrogens (tertiary/aromatic N) is 2. The molecule has 7 nitrogen and oxygen atoms in total. The van der Waals surface area contributed by atoms with E-state index in [1.54, 1.807) is 12.1 Å². The van der Waals surface area contributed by atoms with Crippen molar-refractivity contribution in [3.63, 3.8) is 0 Å². The second-order valence-corrected chi connectivity index (χ2v) is 6.41. The van der Waals surface area contributed by atoms with Crippen LogP contribution in [0.3, 0.4) is 0 Å². The van der Waals surface area contributed by atoms with Crippen LogP contribution in [-0.4, -0.2) is 46.6 Å². The van der Waals surface area contributed by atoms with E-state index in [0.717, 1.165) is 16.0 Å². The fourth-order valence-electron chi connectivity index (χ4n) is 2.61. The standard InChI is InChI=1S/C17H21N3O4/c1-10(2)8-19-15(22)16(23)20(17(19)24)9-14(21)18-13-6-11(3)5-12(4)7-13/h5-7,10H,8-9H2,1-4H3,(H,18,21). The molecule has 2 rings (SSSR count). The van der Waals surface area contributed by atoms with Crippen LogP contribution in [-0.2, 0) is 14.4 Å². The number of carbonyl (C=O) groups excluding carboxylic acids is 4. The van der Waals surface area contributed by atoms with Crippen LogP contribution in [0.15, 0.2) is 18.2 Å². The van der Waals surface area contributed by atoms with E-state index in [2.05, 4.69) is 5.32 Å². The summed E-state index contributed by atoms with van der Waals surface area (Å²) in [5.74, 6) is -2.33. The van der Waals surface area contributed by atoms with Gasteiger partial charge in [0.25, 0.3) is 0 Å². The van der Waals surface area contributed by atoms with Gasteiger partial charge in [0.2, 0.25) is 5.91 Å². The minimum Gasteiger partial charge on any atom is -0.325 e. The molecule has 0 spiro atoms. The first-order chi connectivity index (χ1) is 11.2. The van der Waals surface area contributed by atoms with Gasteiger partial charge >= 0.3 is 17.8 Å². The van der Waals surface area contributed by atoms with Crippen molar-refractivity contribution < 1.29 is 19.2 Å². The van der Waals surface area contributed by atoms with Crippen molar-refractivity contribution in [2.45, 2.75) is 27.7 Å². The van der Waals surface area contributed by atoms with Crippen molar-refractivity contribution in [3.05, 3.63) is 29.3 Å². The Morgan fingerprint density at radius 2 is 1.54 bits per heavy atom. The summed E-state index contributed by atoms with van der Waals surface area (Å²) < 4.78 is 0. The Kier molecular flexibility index (Phi) is 5.02. The van der Waals surface area contributed by atoms with Crippen molar-refractivity contribution in [3.8, 4) is 0 Å². The van der Waals surface area contributed by atoms with Crippen LogP contribution >= 0.6 is 0 Å². The highest BCUT2D eigenvalue weighted by molar-refractivity contribution is 6.45. The molecule has 0 aromatic heterocycles. The van der Waals surface area contributed by atoms with E-state index in [1.807, 2.05) is 33.8 Å². The van der Waals surface area contributed by atoms with Gasteiger partial charge in [-0.1, -0.05) is 19.9 Å². The number of aryl methyl sites for hydroxylation is 2. The minimum absolute atomic E-state index is 0.0368. The lowest BCUT2D eigenvalue weighted by atomic mass is 10.1. The molecule has 1 aromatic carbocycles. The van der Waals surface area contributed by atoms with Crippen molar-refractivity contribution in [2.75, 3.05) is 18.4 Å². The molecular weight excluding hydrogens is 310 g/mol. The van der Waals surface area contributed by atoms with Gasteiger partial charge < -0.3 is 5.32 Å². The quantitative estimate of drug-likeness (QED) is 0.657. The second-order valence-electron chi connectivity index (χ2n) is 6.41. The molecule has 0 radical (unpaired) electrons. The Hall–Kier alpha value is -2.70. The molecule has 128 valence electrons. The predicted molar refractivity (Wildman–Crippen MR) is 88.2 cm³/mol. The summed E-state index contributed by atoms with van der Waals surface area (Å²) in [5.41, 5.74) is 2.55. The second kappa shape index (κ2) is 6.82. The molecule has 0 aliphatic carbocycles. The first kappa shape index (κ1) is 17.7. The molecule has 7 heteroatoms. The first-order valence-electron chi connectivity index (χ1n) is 7.74. The number of carbonyl (C=O) groups is 4. The van der Waals surface area contributed by atoms with Gasteiger partial charge in [0.15, 0.2) is 0 Å². The van der Waals surface area contributed by atoms with Gasteiger partial charge in [-0.25, -0.2) is 9.69 Å². The number of urea groups is 1. The normalized spacial score (nSPS) is 14.8. The number of hydrogen-bond acceptors (Lipinski definition) is 4. The number of benzene rings is 1. The third kappa shape index (κ3) is 3.79. The smallest absolute Gasteiger partial charge is 0.325 e.